The Labute approximate surface area is 158 Å². The number of ether oxygens (including phenoxy) is 2. The molecule has 134 valence electrons. The van der Waals surface area contributed by atoms with E-state index in [1.165, 1.54) is 12.8 Å². The van der Waals surface area contributed by atoms with Crippen LogP contribution in [0.15, 0.2) is 46.9 Å². The van der Waals surface area contributed by atoms with Crippen LogP contribution in [0.25, 0.3) is 0 Å². The molecule has 0 radical (unpaired) electrons. The quantitative estimate of drug-likeness (QED) is 0.586. The van der Waals surface area contributed by atoms with Gasteiger partial charge in [-0.25, -0.2) is 5.43 Å². The van der Waals surface area contributed by atoms with Crippen LogP contribution in [0.3, 0.4) is 0 Å². The van der Waals surface area contributed by atoms with Gasteiger partial charge in [0.05, 0.1) is 17.2 Å². The maximum atomic E-state index is 6.21. The molecule has 0 unspecified atom stereocenters. The maximum absolute atomic E-state index is 6.21. The van der Waals surface area contributed by atoms with E-state index in [1.807, 2.05) is 37.3 Å². The lowest BCUT2D eigenvalue weighted by molar-refractivity contribution is 0.195. The fraction of sp³-hybridized carbons (Fsp3) is 0.400. The summed E-state index contributed by atoms with van der Waals surface area (Å²) in [6.45, 7) is 3.29. The average Bonchev–Trinajstić information content (AvgIpc) is 3.12. The van der Waals surface area contributed by atoms with Crippen molar-refractivity contribution in [2.75, 3.05) is 12.0 Å². The standard InChI is InChI=1S/C20H25BrN2O2/c1-2-24-19-13-15(14-22-23-16-8-4-3-5-9-16)12-18(21)20(19)25-17-10-6-7-11-17/h3-5,8-9,12-13,17,22-23H,2,6-7,10-11,14H2,1H3. The van der Waals surface area contributed by atoms with Gasteiger partial charge in [0.25, 0.3) is 0 Å². The van der Waals surface area contributed by atoms with Gasteiger partial charge in [-0.05, 0) is 78.4 Å². The van der Waals surface area contributed by atoms with Crippen molar-refractivity contribution in [3.63, 3.8) is 0 Å². The highest BCUT2D eigenvalue weighted by Gasteiger charge is 2.21. The molecule has 0 aromatic heterocycles. The van der Waals surface area contributed by atoms with E-state index >= 15 is 0 Å². The van der Waals surface area contributed by atoms with Crippen molar-refractivity contribution < 1.29 is 9.47 Å². The molecule has 1 aliphatic rings. The number of nitrogens with one attached hydrogen (secondary N) is 2. The Hall–Kier alpha value is -1.72. The number of halogens is 1. The lowest BCUT2D eigenvalue weighted by atomic mass is 10.2. The van der Waals surface area contributed by atoms with Crippen molar-refractivity contribution in [2.45, 2.75) is 45.3 Å². The zero-order valence-corrected chi connectivity index (χ0v) is 16.1. The van der Waals surface area contributed by atoms with Crippen LogP contribution >= 0.6 is 15.9 Å². The Morgan fingerprint density at radius 1 is 1.12 bits per heavy atom. The molecule has 25 heavy (non-hydrogen) atoms. The molecule has 4 nitrogen and oxygen atoms in total. The van der Waals surface area contributed by atoms with Gasteiger partial charge in [0.15, 0.2) is 11.5 Å². The van der Waals surface area contributed by atoms with Gasteiger partial charge in [-0.3, -0.25) is 0 Å². The Bertz CT molecular complexity index is 673. The van der Waals surface area contributed by atoms with Crippen LogP contribution < -0.4 is 20.3 Å². The maximum Gasteiger partial charge on any atom is 0.175 e. The van der Waals surface area contributed by atoms with E-state index in [2.05, 4.69) is 38.9 Å². The molecular weight excluding hydrogens is 380 g/mol. The molecule has 0 spiro atoms. The largest absolute Gasteiger partial charge is 0.490 e. The average molecular weight is 405 g/mol. The van der Waals surface area contributed by atoms with Crippen LogP contribution in [0.2, 0.25) is 0 Å². The lowest BCUT2D eigenvalue weighted by Gasteiger charge is -2.19. The first-order valence-electron chi connectivity index (χ1n) is 8.92. The van der Waals surface area contributed by atoms with Gasteiger partial charge >= 0.3 is 0 Å². The second-order valence-electron chi connectivity index (χ2n) is 6.21. The molecule has 3 rings (SSSR count). The summed E-state index contributed by atoms with van der Waals surface area (Å²) in [4.78, 5) is 0. The predicted octanol–water partition coefficient (Wildman–Crippen LogP) is 5.29. The molecule has 2 aromatic rings. The summed E-state index contributed by atoms with van der Waals surface area (Å²) in [6, 6.07) is 14.2. The summed E-state index contributed by atoms with van der Waals surface area (Å²) in [5, 5.41) is 0. The summed E-state index contributed by atoms with van der Waals surface area (Å²) in [6.07, 6.45) is 5.06. The molecule has 5 heteroatoms. The first-order chi connectivity index (χ1) is 12.3. The first-order valence-corrected chi connectivity index (χ1v) is 9.71. The molecule has 0 atom stereocenters. The van der Waals surface area contributed by atoms with Gasteiger partial charge in [0.2, 0.25) is 0 Å². The number of hydrazine groups is 1. The minimum Gasteiger partial charge on any atom is -0.490 e. The van der Waals surface area contributed by atoms with E-state index in [-0.39, 0.29) is 0 Å². The van der Waals surface area contributed by atoms with Crippen molar-refractivity contribution >= 4 is 21.6 Å². The summed E-state index contributed by atoms with van der Waals surface area (Å²) in [5.74, 6) is 1.63. The smallest absolute Gasteiger partial charge is 0.175 e. The van der Waals surface area contributed by atoms with Crippen LogP contribution in [-0.4, -0.2) is 12.7 Å². The normalized spacial score (nSPS) is 14.5. The molecule has 2 N–H and O–H groups in total. The van der Waals surface area contributed by atoms with Gasteiger partial charge in [-0.2, -0.15) is 0 Å². The molecule has 1 aliphatic carbocycles. The van der Waals surface area contributed by atoms with Crippen molar-refractivity contribution in [1.29, 1.82) is 0 Å². The lowest BCUT2D eigenvalue weighted by Crippen LogP contribution is -2.21. The monoisotopic (exact) mass is 404 g/mol. The molecule has 2 aromatic carbocycles. The highest BCUT2D eigenvalue weighted by atomic mass is 79.9. The van der Waals surface area contributed by atoms with Gasteiger partial charge in [-0.1, -0.05) is 18.2 Å². The highest BCUT2D eigenvalue weighted by Crippen LogP contribution is 2.39. The summed E-state index contributed by atoms with van der Waals surface area (Å²) in [5.41, 5.74) is 8.60. The van der Waals surface area contributed by atoms with Crippen LogP contribution in [-0.2, 0) is 6.54 Å². The second kappa shape index (κ2) is 9.11. The van der Waals surface area contributed by atoms with Crippen molar-refractivity contribution in [3.8, 4) is 11.5 Å². The van der Waals surface area contributed by atoms with Crippen molar-refractivity contribution in [2.24, 2.45) is 0 Å². The molecule has 0 saturated heterocycles. The fourth-order valence-corrected chi connectivity index (χ4v) is 3.63. The second-order valence-corrected chi connectivity index (χ2v) is 7.06. The molecule has 0 aliphatic heterocycles. The zero-order chi connectivity index (χ0) is 17.5. The highest BCUT2D eigenvalue weighted by molar-refractivity contribution is 9.10. The van der Waals surface area contributed by atoms with Crippen LogP contribution in [0.5, 0.6) is 11.5 Å². The summed E-state index contributed by atoms with van der Waals surface area (Å²) in [7, 11) is 0. The molecular formula is C20H25BrN2O2. The van der Waals surface area contributed by atoms with Crippen molar-refractivity contribution in [3.05, 3.63) is 52.5 Å². The molecule has 0 bridgehead atoms. The third kappa shape index (κ3) is 5.13. The van der Waals surface area contributed by atoms with Crippen LogP contribution in [0.4, 0.5) is 5.69 Å². The number of benzene rings is 2. The number of para-hydroxylation sites is 1. The number of hydrogen-bond donors (Lipinski definition) is 2. The third-order valence-electron chi connectivity index (χ3n) is 4.25. The predicted molar refractivity (Wildman–Crippen MR) is 105 cm³/mol. The molecule has 1 saturated carbocycles. The van der Waals surface area contributed by atoms with E-state index < -0.39 is 0 Å². The summed E-state index contributed by atoms with van der Waals surface area (Å²) < 4.78 is 13.0. The number of hydrogen-bond acceptors (Lipinski definition) is 4. The van der Waals surface area contributed by atoms with Gasteiger partial charge in [-0.15, -0.1) is 0 Å². The van der Waals surface area contributed by atoms with Crippen LogP contribution in [0, 0.1) is 0 Å². The number of rotatable bonds is 8. The minimum atomic E-state index is 0.305. The van der Waals surface area contributed by atoms with E-state index in [0.717, 1.165) is 40.1 Å². The zero-order valence-electron chi connectivity index (χ0n) is 14.6. The number of anilines is 1. The Balaban J connectivity index is 1.67. The molecule has 1 fully saturated rings. The first kappa shape index (κ1) is 18.1. The van der Waals surface area contributed by atoms with Gasteiger partial charge in [0.1, 0.15) is 0 Å². The minimum absolute atomic E-state index is 0.305. The van der Waals surface area contributed by atoms with E-state index in [0.29, 0.717) is 19.3 Å². The Kier molecular flexibility index (Phi) is 6.59. The summed E-state index contributed by atoms with van der Waals surface area (Å²) >= 11 is 3.66. The topological polar surface area (TPSA) is 42.5 Å². The van der Waals surface area contributed by atoms with E-state index in [9.17, 15) is 0 Å². The Morgan fingerprint density at radius 2 is 1.88 bits per heavy atom. The van der Waals surface area contributed by atoms with Crippen molar-refractivity contribution in [1.82, 2.24) is 5.43 Å². The third-order valence-corrected chi connectivity index (χ3v) is 4.84. The molecule has 0 amide bonds. The van der Waals surface area contributed by atoms with E-state index in [4.69, 9.17) is 9.47 Å². The van der Waals surface area contributed by atoms with Gasteiger partial charge < -0.3 is 14.9 Å². The molecule has 0 heterocycles. The fourth-order valence-electron chi connectivity index (χ4n) is 3.04. The Morgan fingerprint density at radius 3 is 2.60 bits per heavy atom. The van der Waals surface area contributed by atoms with Gasteiger partial charge in [0, 0.05) is 12.2 Å². The van der Waals surface area contributed by atoms with Crippen LogP contribution in [0.1, 0.15) is 38.2 Å². The SMILES string of the molecule is CCOc1cc(CNNc2ccccc2)cc(Br)c1OC1CCCC1. The van der Waals surface area contributed by atoms with E-state index in [1.54, 1.807) is 0 Å².